The molecule has 0 saturated heterocycles. The molecule has 0 fully saturated rings. The first-order valence-corrected chi connectivity index (χ1v) is 9.98. The molecular weight excluding hydrogens is 403 g/mol. The van der Waals surface area contributed by atoms with Gasteiger partial charge in [-0.1, -0.05) is 24.3 Å². The van der Waals surface area contributed by atoms with Gasteiger partial charge in [-0.05, 0) is 51.3 Å². The summed E-state index contributed by atoms with van der Waals surface area (Å²) in [5, 5.41) is 5.23. The van der Waals surface area contributed by atoms with Crippen LogP contribution >= 0.6 is 0 Å². The van der Waals surface area contributed by atoms with Gasteiger partial charge in [-0.2, -0.15) is 0 Å². The predicted molar refractivity (Wildman–Crippen MR) is 116 cm³/mol. The summed E-state index contributed by atoms with van der Waals surface area (Å²) in [5.41, 5.74) is -0.155. The molecule has 0 aliphatic carbocycles. The largest absolute Gasteiger partial charge is 0.462 e. The van der Waals surface area contributed by atoms with E-state index in [1.165, 1.54) is 30.3 Å². The molecule has 0 aliphatic heterocycles. The number of halogens is 1. The van der Waals surface area contributed by atoms with Crippen LogP contribution < -0.4 is 10.6 Å². The van der Waals surface area contributed by atoms with Crippen LogP contribution in [0.1, 0.15) is 51.6 Å². The number of esters is 1. The molecule has 8 heteroatoms. The van der Waals surface area contributed by atoms with Crippen molar-refractivity contribution < 1.29 is 28.2 Å². The number of carbonyl (C=O) groups is 3. The van der Waals surface area contributed by atoms with E-state index < -0.39 is 35.6 Å². The van der Waals surface area contributed by atoms with Gasteiger partial charge in [-0.3, -0.25) is 4.79 Å². The third-order valence-electron chi connectivity index (χ3n) is 3.95. The van der Waals surface area contributed by atoms with E-state index in [-0.39, 0.29) is 25.4 Å². The van der Waals surface area contributed by atoms with Crippen molar-refractivity contribution >= 4 is 18.0 Å². The van der Waals surface area contributed by atoms with Crippen molar-refractivity contribution in [1.29, 1.82) is 0 Å². The molecule has 1 aromatic rings. The van der Waals surface area contributed by atoms with Crippen LogP contribution in [0.25, 0.3) is 0 Å². The number of rotatable bonds is 11. The van der Waals surface area contributed by atoms with E-state index in [1.807, 2.05) is 0 Å². The van der Waals surface area contributed by atoms with Gasteiger partial charge in [-0.25, -0.2) is 14.0 Å². The van der Waals surface area contributed by atoms with Crippen LogP contribution in [-0.4, -0.2) is 36.2 Å². The van der Waals surface area contributed by atoms with Gasteiger partial charge >= 0.3 is 12.1 Å². The molecule has 1 aromatic carbocycles. The van der Waals surface area contributed by atoms with Crippen molar-refractivity contribution in [2.24, 2.45) is 0 Å². The lowest BCUT2D eigenvalue weighted by Crippen LogP contribution is -2.44. The number of ether oxygens (including phenoxy) is 2. The molecule has 2 unspecified atom stereocenters. The molecular formula is C23H31FN2O5. The number of alkyl carbamates (subject to hydrolysis) is 1. The molecule has 31 heavy (non-hydrogen) atoms. The fraction of sp³-hybridized carbons (Fsp3) is 0.435. The molecule has 170 valence electrons. The molecule has 0 heterocycles. The third kappa shape index (κ3) is 10.4. The average Bonchev–Trinajstić information content (AvgIpc) is 2.68. The van der Waals surface area contributed by atoms with E-state index in [1.54, 1.807) is 26.8 Å². The molecule has 7 nitrogen and oxygen atoms in total. The zero-order valence-corrected chi connectivity index (χ0v) is 18.3. The summed E-state index contributed by atoms with van der Waals surface area (Å²) < 4.78 is 23.8. The average molecular weight is 435 g/mol. The van der Waals surface area contributed by atoms with Gasteiger partial charge in [0.25, 0.3) is 0 Å². The van der Waals surface area contributed by atoms with Crippen molar-refractivity contribution in [1.82, 2.24) is 10.6 Å². The Morgan fingerprint density at radius 2 is 1.74 bits per heavy atom. The molecule has 0 saturated carbocycles. The second kappa shape index (κ2) is 12.5. The fourth-order valence-electron chi connectivity index (χ4n) is 2.51. The Hall–Kier alpha value is -3.16. The molecule has 2 amide bonds. The highest BCUT2D eigenvalue weighted by Crippen LogP contribution is 2.16. The summed E-state index contributed by atoms with van der Waals surface area (Å²) in [7, 11) is 0. The number of hydrogen-bond donors (Lipinski definition) is 2. The molecule has 0 bridgehead atoms. The first-order valence-electron chi connectivity index (χ1n) is 9.98. The van der Waals surface area contributed by atoms with E-state index in [4.69, 9.17) is 9.47 Å². The second-order valence-electron chi connectivity index (χ2n) is 7.85. The van der Waals surface area contributed by atoms with Crippen molar-refractivity contribution in [3.8, 4) is 0 Å². The van der Waals surface area contributed by atoms with Crippen LogP contribution in [0, 0.1) is 5.82 Å². The lowest BCUT2D eigenvalue weighted by atomic mass is 10.1. The van der Waals surface area contributed by atoms with Crippen LogP contribution in [0.3, 0.4) is 0 Å². The SMILES string of the molecule is C=CCCC(=O)NC(COC(=O)C(CC=C)NC(=O)OC(C)(C)C)c1ccc(F)cc1. The maximum absolute atomic E-state index is 13.3. The molecule has 0 spiro atoms. The first-order chi connectivity index (χ1) is 14.6. The molecule has 0 aromatic heterocycles. The first kappa shape index (κ1) is 25.9. The minimum atomic E-state index is -1.00. The molecule has 1 rings (SSSR count). The summed E-state index contributed by atoms with van der Waals surface area (Å²) in [6.45, 7) is 12.1. The third-order valence-corrected chi connectivity index (χ3v) is 3.95. The monoisotopic (exact) mass is 434 g/mol. The Kier molecular flexibility index (Phi) is 10.4. The fourth-order valence-corrected chi connectivity index (χ4v) is 2.51. The number of amides is 2. The summed E-state index contributed by atoms with van der Waals surface area (Å²) in [6, 6.07) is 3.82. The van der Waals surface area contributed by atoms with Crippen LogP contribution in [-0.2, 0) is 19.1 Å². The van der Waals surface area contributed by atoms with E-state index in [2.05, 4.69) is 23.8 Å². The zero-order valence-electron chi connectivity index (χ0n) is 18.3. The minimum absolute atomic E-state index is 0.130. The minimum Gasteiger partial charge on any atom is -0.462 e. The summed E-state index contributed by atoms with van der Waals surface area (Å²) in [5.74, 6) is -1.40. The normalized spacial score (nSPS) is 12.8. The van der Waals surface area contributed by atoms with E-state index in [0.717, 1.165) is 0 Å². The van der Waals surface area contributed by atoms with Gasteiger partial charge in [0.2, 0.25) is 5.91 Å². The number of benzene rings is 1. The highest BCUT2D eigenvalue weighted by Gasteiger charge is 2.26. The van der Waals surface area contributed by atoms with Gasteiger partial charge in [0.1, 0.15) is 24.1 Å². The predicted octanol–water partition coefficient (Wildman–Crippen LogP) is 3.96. The summed E-state index contributed by atoms with van der Waals surface area (Å²) >= 11 is 0. The molecule has 0 radical (unpaired) electrons. The maximum Gasteiger partial charge on any atom is 0.408 e. The van der Waals surface area contributed by atoms with E-state index in [9.17, 15) is 18.8 Å². The van der Waals surface area contributed by atoms with Crippen LogP contribution in [0.15, 0.2) is 49.6 Å². The van der Waals surface area contributed by atoms with Crippen LogP contribution in [0.5, 0.6) is 0 Å². The van der Waals surface area contributed by atoms with Gasteiger partial charge in [0.15, 0.2) is 0 Å². The number of carbonyl (C=O) groups excluding carboxylic acids is 3. The van der Waals surface area contributed by atoms with Crippen LogP contribution in [0.4, 0.5) is 9.18 Å². The quantitative estimate of drug-likeness (QED) is 0.406. The standard InChI is InChI=1S/C23H31FN2O5/c1-6-8-10-20(27)25-19(16-11-13-17(24)14-12-16)15-30-21(28)18(9-7-2)26-22(29)31-23(3,4)5/h6-7,11-14,18-19H,1-2,8-10,15H2,3-5H3,(H,25,27)(H,26,29). The molecule has 2 atom stereocenters. The Morgan fingerprint density at radius 1 is 1.10 bits per heavy atom. The Balaban J connectivity index is 2.84. The van der Waals surface area contributed by atoms with Gasteiger partial charge in [0.05, 0.1) is 6.04 Å². The zero-order chi connectivity index (χ0) is 23.4. The van der Waals surface area contributed by atoms with E-state index in [0.29, 0.717) is 12.0 Å². The van der Waals surface area contributed by atoms with Crippen molar-refractivity contribution in [3.63, 3.8) is 0 Å². The van der Waals surface area contributed by atoms with Crippen LogP contribution in [0.2, 0.25) is 0 Å². The summed E-state index contributed by atoms with van der Waals surface area (Å²) in [6.07, 6.45) is 3.17. The smallest absolute Gasteiger partial charge is 0.408 e. The van der Waals surface area contributed by atoms with Crippen molar-refractivity contribution in [2.45, 2.75) is 57.7 Å². The Morgan fingerprint density at radius 3 is 2.29 bits per heavy atom. The highest BCUT2D eigenvalue weighted by atomic mass is 19.1. The van der Waals surface area contributed by atoms with Crippen molar-refractivity contribution in [3.05, 3.63) is 61.0 Å². The maximum atomic E-state index is 13.3. The lowest BCUT2D eigenvalue weighted by Gasteiger charge is -2.24. The van der Waals surface area contributed by atoms with Gasteiger partial charge in [0, 0.05) is 6.42 Å². The Bertz CT molecular complexity index is 771. The molecule has 0 aliphatic rings. The number of allylic oxidation sites excluding steroid dienone is 1. The molecule has 2 N–H and O–H groups in total. The highest BCUT2D eigenvalue weighted by molar-refractivity contribution is 5.81. The lowest BCUT2D eigenvalue weighted by molar-refractivity contribution is -0.147. The van der Waals surface area contributed by atoms with Gasteiger partial charge < -0.3 is 20.1 Å². The number of hydrogen-bond acceptors (Lipinski definition) is 5. The van der Waals surface area contributed by atoms with Gasteiger partial charge in [-0.15, -0.1) is 13.2 Å². The Labute approximate surface area is 182 Å². The topological polar surface area (TPSA) is 93.7 Å². The van der Waals surface area contributed by atoms with E-state index >= 15 is 0 Å². The summed E-state index contributed by atoms with van der Waals surface area (Å²) in [4.78, 5) is 36.7. The number of nitrogens with one attached hydrogen (secondary N) is 2. The van der Waals surface area contributed by atoms with Crippen molar-refractivity contribution in [2.75, 3.05) is 6.61 Å². The second-order valence-corrected chi connectivity index (χ2v) is 7.85.